The number of rotatable bonds is 8. The van der Waals surface area contributed by atoms with E-state index < -0.39 is 15.9 Å². The standard InChI is InChI=1S/C19H24N4O4S2/c1-5-23(6-2)29(25,26)14-11-16(22(4)12-14)18(24)21-19-20-15-9-8-13(27-7-3)10-17(15)28-19/h8-12H,5-7H2,1-4H3,(H,20,21,24). The summed E-state index contributed by atoms with van der Waals surface area (Å²) in [5.41, 5.74) is 0.996. The molecule has 8 nitrogen and oxygen atoms in total. The van der Waals surface area contributed by atoms with Gasteiger partial charge in [0.2, 0.25) is 10.0 Å². The lowest BCUT2D eigenvalue weighted by atomic mass is 10.3. The van der Waals surface area contributed by atoms with E-state index in [0.29, 0.717) is 24.8 Å². The van der Waals surface area contributed by atoms with E-state index in [9.17, 15) is 13.2 Å². The van der Waals surface area contributed by atoms with E-state index >= 15 is 0 Å². The molecule has 0 unspecified atom stereocenters. The van der Waals surface area contributed by atoms with Crippen molar-refractivity contribution in [1.29, 1.82) is 0 Å². The van der Waals surface area contributed by atoms with E-state index in [4.69, 9.17) is 4.74 Å². The van der Waals surface area contributed by atoms with Gasteiger partial charge in [-0.05, 0) is 31.2 Å². The van der Waals surface area contributed by atoms with Gasteiger partial charge in [-0.1, -0.05) is 25.2 Å². The SMILES string of the molecule is CCOc1ccc2nc(NC(=O)c3cc(S(=O)(=O)N(CC)CC)cn3C)sc2c1. The maximum absolute atomic E-state index is 12.7. The summed E-state index contributed by atoms with van der Waals surface area (Å²) in [5, 5.41) is 3.20. The molecule has 0 bridgehead atoms. The molecular weight excluding hydrogens is 412 g/mol. The Bertz CT molecular complexity index is 1130. The molecule has 0 saturated carbocycles. The van der Waals surface area contributed by atoms with Crippen LogP contribution in [-0.2, 0) is 17.1 Å². The first kappa shape index (κ1) is 21.3. The summed E-state index contributed by atoms with van der Waals surface area (Å²) in [6.07, 6.45) is 1.45. The minimum atomic E-state index is -3.63. The Balaban J connectivity index is 1.84. The number of hydrogen-bond donors (Lipinski definition) is 1. The Morgan fingerprint density at radius 2 is 1.97 bits per heavy atom. The summed E-state index contributed by atoms with van der Waals surface area (Å²) in [7, 11) is -1.99. The van der Waals surface area contributed by atoms with Gasteiger partial charge < -0.3 is 9.30 Å². The molecular formula is C19H24N4O4S2. The van der Waals surface area contributed by atoms with Gasteiger partial charge in [0.05, 0.1) is 16.8 Å². The average molecular weight is 437 g/mol. The number of ether oxygens (including phenoxy) is 1. The topological polar surface area (TPSA) is 93.5 Å². The number of aryl methyl sites for hydroxylation is 1. The molecule has 0 aliphatic heterocycles. The maximum Gasteiger partial charge on any atom is 0.274 e. The Hall–Kier alpha value is -2.43. The van der Waals surface area contributed by atoms with E-state index in [1.165, 1.54) is 32.5 Å². The third kappa shape index (κ3) is 4.29. The van der Waals surface area contributed by atoms with Gasteiger partial charge in [0.25, 0.3) is 5.91 Å². The normalized spacial score (nSPS) is 11.9. The van der Waals surface area contributed by atoms with Crippen LogP contribution in [0.2, 0.25) is 0 Å². The van der Waals surface area contributed by atoms with Gasteiger partial charge in [0.1, 0.15) is 16.3 Å². The number of nitrogens with zero attached hydrogens (tertiary/aromatic N) is 3. The number of carbonyl (C=O) groups is 1. The summed E-state index contributed by atoms with van der Waals surface area (Å²) < 4.78 is 34.6. The van der Waals surface area contributed by atoms with Crippen LogP contribution < -0.4 is 10.1 Å². The molecule has 3 aromatic rings. The first-order chi connectivity index (χ1) is 13.8. The number of carbonyl (C=O) groups excluding carboxylic acids is 1. The van der Waals surface area contributed by atoms with Crippen molar-refractivity contribution in [2.24, 2.45) is 7.05 Å². The fraction of sp³-hybridized carbons (Fsp3) is 0.368. The van der Waals surface area contributed by atoms with Crippen LogP contribution in [0.25, 0.3) is 10.2 Å². The van der Waals surface area contributed by atoms with Crippen LogP contribution >= 0.6 is 11.3 Å². The van der Waals surface area contributed by atoms with Crippen LogP contribution in [0.15, 0.2) is 35.4 Å². The van der Waals surface area contributed by atoms with Gasteiger partial charge in [0.15, 0.2) is 5.13 Å². The third-order valence-corrected chi connectivity index (χ3v) is 7.40. The summed E-state index contributed by atoms with van der Waals surface area (Å²) >= 11 is 1.33. The largest absolute Gasteiger partial charge is 0.494 e. The number of amides is 1. The Morgan fingerprint density at radius 3 is 2.62 bits per heavy atom. The van der Waals surface area contributed by atoms with Gasteiger partial charge in [-0.3, -0.25) is 10.1 Å². The van der Waals surface area contributed by atoms with E-state index in [0.717, 1.165) is 16.0 Å². The summed E-state index contributed by atoms with van der Waals surface area (Å²) in [6, 6.07) is 6.94. The highest BCUT2D eigenvalue weighted by Gasteiger charge is 2.25. The lowest BCUT2D eigenvalue weighted by Gasteiger charge is -2.17. The van der Waals surface area contributed by atoms with Crippen molar-refractivity contribution in [3.05, 3.63) is 36.2 Å². The van der Waals surface area contributed by atoms with Crippen molar-refractivity contribution in [2.45, 2.75) is 25.7 Å². The lowest BCUT2D eigenvalue weighted by molar-refractivity contribution is 0.101. The van der Waals surface area contributed by atoms with E-state index in [1.54, 1.807) is 20.9 Å². The van der Waals surface area contributed by atoms with Crippen LogP contribution in [0.4, 0.5) is 5.13 Å². The van der Waals surface area contributed by atoms with E-state index in [2.05, 4.69) is 10.3 Å². The van der Waals surface area contributed by atoms with Crippen molar-refractivity contribution < 1.29 is 17.9 Å². The number of anilines is 1. The molecule has 1 amide bonds. The monoisotopic (exact) mass is 436 g/mol. The number of benzene rings is 1. The third-order valence-electron chi connectivity index (χ3n) is 4.45. The molecule has 0 spiro atoms. The maximum atomic E-state index is 12.7. The minimum Gasteiger partial charge on any atom is -0.494 e. The number of thiazole rings is 1. The second kappa shape index (κ2) is 8.52. The average Bonchev–Trinajstić information content (AvgIpc) is 3.25. The van der Waals surface area contributed by atoms with Gasteiger partial charge in [-0.25, -0.2) is 13.4 Å². The number of hydrogen-bond acceptors (Lipinski definition) is 6. The zero-order valence-corrected chi connectivity index (χ0v) is 18.4. The highest BCUT2D eigenvalue weighted by Crippen LogP contribution is 2.30. The lowest BCUT2D eigenvalue weighted by Crippen LogP contribution is -2.30. The fourth-order valence-corrected chi connectivity index (χ4v) is 5.41. The van der Waals surface area contributed by atoms with Gasteiger partial charge >= 0.3 is 0 Å². The van der Waals surface area contributed by atoms with Crippen LogP contribution in [0.3, 0.4) is 0 Å². The second-order valence-electron chi connectivity index (χ2n) is 6.30. The number of fused-ring (bicyclic) bond motifs is 1. The van der Waals surface area contributed by atoms with Gasteiger partial charge in [0, 0.05) is 26.3 Å². The van der Waals surface area contributed by atoms with Crippen LogP contribution in [0.1, 0.15) is 31.3 Å². The van der Waals surface area contributed by atoms with Crippen molar-refractivity contribution in [3.63, 3.8) is 0 Å². The molecule has 0 saturated heterocycles. The first-order valence-corrected chi connectivity index (χ1v) is 11.6. The Kier molecular flexibility index (Phi) is 6.25. The zero-order chi connectivity index (χ0) is 21.2. The predicted molar refractivity (Wildman–Crippen MR) is 114 cm³/mol. The molecule has 0 aliphatic carbocycles. The van der Waals surface area contributed by atoms with Crippen LogP contribution in [0.5, 0.6) is 5.75 Å². The summed E-state index contributed by atoms with van der Waals surface area (Å²) in [5.74, 6) is 0.327. The molecule has 1 aromatic carbocycles. The molecule has 0 atom stereocenters. The number of sulfonamides is 1. The quantitative estimate of drug-likeness (QED) is 0.585. The fourth-order valence-electron chi connectivity index (χ4n) is 2.99. The molecule has 1 N–H and O–H groups in total. The second-order valence-corrected chi connectivity index (χ2v) is 9.27. The van der Waals surface area contributed by atoms with Crippen molar-refractivity contribution in [1.82, 2.24) is 13.9 Å². The molecule has 0 fully saturated rings. The number of nitrogens with one attached hydrogen (secondary N) is 1. The van der Waals surface area contributed by atoms with Crippen molar-refractivity contribution in [3.8, 4) is 5.75 Å². The van der Waals surface area contributed by atoms with E-state index in [1.807, 2.05) is 25.1 Å². The first-order valence-electron chi connectivity index (χ1n) is 9.31. The highest BCUT2D eigenvalue weighted by molar-refractivity contribution is 7.89. The van der Waals surface area contributed by atoms with Crippen molar-refractivity contribution >= 4 is 42.6 Å². The molecule has 0 radical (unpaired) electrons. The zero-order valence-electron chi connectivity index (χ0n) is 16.8. The smallest absolute Gasteiger partial charge is 0.274 e. The highest BCUT2D eigenvalue weighted by atomic mass is 32.2. The molecule has 3 rings (SSSR count). The van der Waals surface area contributed by atoms with E-state index in [-0.39, 0.29) is 10.6 Å². The Labute approximate surface area is 174 Å². The molecule has 2 aromatic heterocycles. The molecule has 0 aliphatic rings. The number of aromatic nitrogens is 2. The summed E-state index contributed by atoms with van der Waals surface area (Å²) in [4.78, 5) is 17.2. The van der Waals surface area contributed by atoms with Crippen LogP contribution in [-0.4, -0.2) is 47.9 Å². The van der Waals surface area contributed by atoms with Crippen molar-refractivity contribution in [2.75, 3.05) is 25.0 Å². The minimum absolute atomic E-state index is 0.0968. The summed E-state index contributed by atoms with van der Waals surface area (Å²) in [6.45, 7) is 6.77. The molecule has 10 heteroatoms. The van der Waals surface area contributed by atoms with Crippen LogP contribution in [0, 0.1) is 0 Å². The molecule has 2 heterocycles. The molecule has 29 heavy (non-hydrogen) atoms. The Morgan fingerprint density at radius 1 is 1.24 bits per heavy atom. The molecule has 156 valence electrons. The van der Waals surface area contributed by atoms with Gasteiger partial charge in [-0.2, -0.15) is 4.31 Å². The van der Waals surface area contributed by atoms with Gasteiger partial charge in [-0.15, -0.1) is 0 Å². The predicted octanol–water partition coefficient (Wildman–Crippen LogP) is 3.32.